The molecule has 1 heterocycles. The summed E-state index contributed by atoms with van der Waals surface area (Å²) in [4.78, 5) is 13.3. The van der Waals surface area contributed by atoms with E-state index in [1.54, 1.807) is 4.90 Å². The van der Waals surface area contributed by atoms with Crippen molar-refractivity contribution in [1.82, 2.24) is 10.2 Å². The van der Waals surface area contributed by atoms with Gasteiger partial charge in [-0.05, 0) is 25.7 Å². The fraction of sp³-hybridized carbons (Fsp3) is 0.900. The first-order chi connectivity index (χ1) is 6.68. The number of hydrogen-bond acceptors (Lipinski definition) is 3. The standard InChI is InChI=1S/C10H18N2O2/c1-12-6-5-8(10(12)14)11-7-3-2-4-9(7)13/h7-9,11,13H,2-6H2,1H3/t7-,8?,9-/m1/s1. The van der Waals surface area contributed by atoms with Crippen LogP contribution >= 0.6 is 0 Å². The molecule has 2 rings (SSSR count). The Bertz CT molecular complexity index is 232. The van der Waals surface area contributed by atoms with Gasteiger partial charge in [0.2, 0.25) is 5.91 Å². The Morgan fingerprint density at radius 3 is 2.71 bits per heavy atom. The van der Waals surface area contributed by atoms with Crippen molar-refractivity contribution in [3.63, 3.8) is 0 Å². The summed E-state index contributed by atoms with van der Waals surface area (Å²) in [5.41, 5.74) is 0. The zero-order valence-corrected chi connectivity index (χ0v) is 8.57. The highest BCUT2D eigenvalue weighted by Crippen LogP contribution is 2.21. The second-order valence-electron chi connectivity index (χ2n) is 4.37. The van der Waals surface area contributed by atoms with Crippen LogP contribution in [0.5, 0.6) is 0 Å². The van der Waals surface area contributed by atoms with Crippen LogP contribution in [0.3, 0.4) is 0 Å². The summed E-state index contributed by atoms with van der Waals surface area (Å²) >= 11 is 0. The smallest absolute Gasteiger partial charge is 0.239 e. The van der Waals surface area contributed by atoms with E-state index in [0.717, 1.165) is 32.2 Å². The maximum Gasteiger partial charge on any atom is 0.239 e. The summed E-state index contributed by atoms with van der Waals surface area (Å²) in [6.45, 7) is 0.833. The summed E-state index contributed by atoms with van der Waals surface area (Å²) in [5, 5.41) is 12.9. The average Bonchev–Trinajstić information content (AvgIpc) is 2.68. The Balaban J connectivity index is 1.88. The van der Waals surface area contributed by atoms with E-state index in [1.165, 1.54) is 0 Å². The molecule has 14 heavy (non-hydrogen) atoms. The van der Waals surface area contributed by atoms with Crippen LogP contribution in [0, 0.1) is 0 Å². The lowest BCUT2D eigenvalue weighted by molar-refractivity contribution is -0.128. The third-order valence-corrected chi connectivity index (χ3v) is 3.32. The Morgan fingerprint density at radius 1 is 1.43 bits per heavy atom. The second kappa shape index (κ2) is 3.87. The molecule has 1 unspecified atom stereocenters. The summed E-state index contributed by atoms with van der Waals surface area (Å²) in [5.74, 6) is 0.170. The topological polar surface area (TPSA) is 52.6 Å². The number of carbonyl (C=O) groups is 1. The number of likely N-dealkylation sites (N-methyl/N-ethyl adjacent to an activating group) is 1. The van der Waals surface area contributed by atoms with Gasteiger partial charge in [-0.1, -0.05) is 0 Å². The number of nitrogens with one attached hydrogen (secondary N) is 1. The third kappa shape index (κ3) is 1.77. The van der Waals surface area contributed by atoms with Crippen molar-refractivity contribution in [2.75, 3.05) is 13.6 Å². The monoisotopic (exact) mass is 198 g/mol. The van der Waals surface area contributed by atoms with Crippen molar-refractivity contribution in [2.45, 2.75) is 43.9 Å². The van der Waals surface area contributed by atoms with E-state index in [-0.39, 0.29) is 24.1 Å². The van der Waals surface area contributed by atoms with Gasteiger partial charge in [-0.2, -0.15) is 0 Å². The van der Waals surface area contributed by atoms with Gasteiger partial charge in [-0.25, -0.2) is 0 Å². The van der Waals surface area contributed by atoms with Gasteiger partial charge in [0.1, 0.15) is 0 Å². The lowest BCUT2D eigenvalue weighted by Crippen LogP contribution is -2.46. The molecule has 2 fully saturated rings. The van der Waals surface area contributed by atoms with Crippen LogP contribution in [-0.4, -0.2) is 47.7 Å². The Morgan fingerprint density at radius 2 is 2.21 bits per heavy atom. The van der Waals surface area contributed by atoms with Crippen LogP contribution in [0.4, 0.5) is 0 Å². The van der Waals surface area contributed by atoms with Gasteiger partial charge in [-0.3, -0.25) is 4.79 Å². The Kier molecular flexibility index (Phi) is 2.74. The van der Waals surface area contributed by atoms with E-state index in [2.05, 4.69) is 5.32 Å². The van der Waals surface area contributed by atoms with Crippen molar-refractivity contribution < 1.29 is 9.90 Å². The molecule has 1 saturated heterocycles. The van der Waals surface area contributed by atoms with E-state index in [4.69, 9.17) is 0 Å². The summed E-state index contributed by atoms with van der Waals surface area (Å²) in [7, 11) is 1.83. The molecule has 0 radical (unpaired) electrons. The third-order valence-electron chi connectivity index (χ3n) is 3.32. The highest BCUT2D eigenvalue weighted by atomic mass is 16.3. The number of hydrogen-bond donors (Lipinski definition) is 2. The number of amides is 1. The largest absolute Gasteiger partial charge is 0.392 e. The number of aliphatic hydroxyl groups excluding tert-OH is 1. The number of likely N-dealkylation sites (tertiary alicyclic amines) is 1. The first kappa shape index (κ1) is 9.93. The number of carbonyl (C=O) groups excluding carboxylic acids is 1. The molecule has 4 nitrogen and oxygen atoms in total. The quantitative estimate of drug-likeness (QED) is 0.641. The zero-order valence-electron chi connectivity index (χ0n) is 8.57. The van der Waals surface area contributed by atoms with Crippen LogP contribution in [0.1, 0.15) is 25.7 Å². The molecule has 0 aromatic heterocycles. The second-order valence-corrected chi connectivity index (χ2v) is 4.37. The van der Waals surface area contributed by atoms with Gasteiger partial charge in [0.15, 0.2) is 0 Å². The molecule has 80 valence electrons. The first-order valence-electron chi connectivity index (χ1n) is 5.37. The molecule has 1 saturated carbocycles. The molecule has 2 N–H and O–H groups in total. The molecular weight excluding hydrogens is 180 g/mol. The maximum atomic E-state index is 11.6. The summed E-state index contributed by atoms with van der Waals surface area (Å²) < 4.78 is 0. The molecule has 0 aromatic carbocycles. The van der Waals surface area contributed by atoms with Gasteiger partial charge in [0.25, 0.3) is 0 Å². The van der Waals surface area contributed by atoms with Gasteiger partial charge in [0, 0.05) is 19.6 Å². The van der Waals surface area contributed by atoms with E-state index in [0.29, 0.717) is 0 Å². The molecule has 1 aliphatic carbocycles. The van der Waals surface area contributed by atoms with Gasteiger partial charge < -0.3 is 15.3 Å². The molecular formula is C10H18N2O2. The maximum absolute atomic E-state index is 11.6. The van der Waals surface area contributed by atoms with Crippen molar-refractivity contribution >= 4 is 5.91 Å². The highest BCUT2D eigenvalue weighted by molar-refractivity contribution is 5.83. The molecule has 2 aliphatic rings. The van der Waals surface area contributed by atoms with E-state index < -0.39 is 0 Å². The van der Waals surface area contributed by atoms with Gasteiger partial charge in [0.05, 0.1) is 12.1 Å². The number of aliphatic hydroxyl groups is 1. The van der Waals surface area contributed by atoms with Crippen molar-refractivity contribution in [2.24, 2.45) is 0 Å². The molecule has 0 spiro atoms. The van der Waals surface area contributed by atoms with Crippen LogP contribution in [0.2, 0.25) is 0 Å². The fourth-order valence-electron chi connectivity index (χ4n) is 2.37. The molecule has 1 aliphatic heterocycles. The number of rotatable bonds is 2. The fourth-order valence-corrected chi connectivity index (χ4v) is 2.37. The molecule has 3 atom stereocenters. The number of nitrogens with zero attached hydrogens (tertiary/aromatic N) is 1. The van der Waals surface area contributed by atoms with E-state index in [1.807, 2.05) is 7.05 Å². The lowest BCUT2D eigenvalue weighted by Gasteiger charge is -2.20. The van der Waals surface area contributed by atoms with Crippen LogP contribution in [0.25, 0.3) is 0 Å². The van der Waals surface area contributed by atoms with Crippen molar-refractivity contribution in [3.8, 4) is 0 Å². The van der Waals surface area contributed by atoms with Gasteiger partial charge in [-0.15, -0.1) is 0 Å². The zero-order chi connectivity index (χ0) is 10.1. The molecule has 0 bridgehead atoms. The predicted octanol–water partition coefficient (Wildman–Crippen LogP) is -0.280. The summed E-state index contributed by atoms with van der Waals surface area (Å²) in [6, 6.07) is 0.0770. The van der Waals surface area contributed by atoms with Crippen LogP contribution in [0.15, 0.2) is 0 Å². The van der Waals surface area contributed by atoms with Crippen LogP contribution < -0.4 is 5.32 Å². The first-order valence-corrected chi connectivity index (χ1v) is 5.37. The minimum atomic E-state index is -0.256. The average molecular weight is 198 g/mol. The lowest BCUT2D eigenvalue weighted by atomic mass is 10.1. The SMILES string of the molecule is CN1CCC(N[C@@H]2CCC[C@H]2O)C1=O. The summed E-state index contributed by atoms with van der Waals surface area (Å²) in [6.07, 6.45) is 3.55. The Labute approximate surface area is 84.3 Å². The highest BCUT2D eigenvalue weighted by Gasteiger charge is 2.34. The minimum Gasteiger partial charge on any atom is -0.392 e. The van der Waals surface area contributed by atoms with Crippen molar-refractivity contribution in [1.29, 1.82) is 0 Å². The predicted molar refractivity (Wildman–Crippen MR) is 52.8 cm³/mol. The molecule has 0 aromatic rings. The van der Waals surface area contributed by atoms with Gasteiger partial charge >= 0.3 is 0 Å². The molecule has 1 amide bonds. The van der Waals surface area contributed by atoms with E-state index >= 15 is 0 Å². The minimum absolute atomic E-state index is 0.0576. The van der Waals surface area contributed by atoms with E-state index in [9.17, 15) is 9.90 Å². The van der Waals surface area contributed by atoms with Crippen molar-refractivity contribution in [3.05, 3.63) is 0 Å². The van der Waals surface area contributed by atoms with Crippen LogP contribution in [-0.2, 0) is 4.79 Å². The normalized spacial score (nSPS) is 38.3. The molecule has 4 heteroatoms. The Hall–Kier alpha value is -0.610.